The zero-order valence-electron chi connectivity index (χ0n) is 14.5. The second-order valence-electron chi connectivity index (χ2n) is 6.94. The van der Waals surface area contributed by atoms with Gasteiger partial charge in [0.2, 0.25) is 5.89 Å². The molecule has 0 saturated carbocycles. The van der Waals surface area contributed by atoms with Crippen molar-refractivity contribution >= 4 is 0 Å². The van der Waals surface area contributed by atoms with Crippen molar-refractivity contribution in [3.63, 3.8) is 0 Å². The summed E-state index contributed by atoms with van der Waals surface area (Å²) in [6.45, 7) is 4.09. The molecule has 2 aromatic rings. The molecule has 1 aromatic carbocycles. The Hall–Kier alpha value is -1.72. The van der Waals surface area contributed by atoms with E-state index in [4.69, 9.17) is 4.42 Å². The van der Waals surface area contributed by atoms with Crippen LogP contribution in [0, 0.1) is 11.7 Å². The lowest BCUT2D eigenvalue weighted by Gasteiger charge is -2.31. The number of benzene rings is 1. The number of piperidine rings is 1. The number of hydrogen-bond donors (Lipinski definition) is 0. The molecule has 1 aromatic heterocycles. The van der Waals surface area contributed by atoms with Crippen molar-refractivity contribution < 1.29 is 8.81 Å². The van der Waals surface area contributed by atoms with Gasteiger partial charge < -0.3 is 9.32 Å². The maximum absolute atomic E-state index is 13.3. The average Bonchev–Trinajstić information content (AvgIpc) is 3.03. The number of hydrogen-bond acceptors (Lipinski definition) is 4. The van der Waals surface area contributed by atoms with Crippen molar-refractivity contribution in [3.05, 3.63) is 42.2 Å². The predicted octanol–water partition coefficient (Wildman–Crippen LogP) is 3.64. The molecule has 5 heteroatoms. The molecule has 1 aliphatic rings. The van der Waals surface area contributed by atoms with Crippen LogP contribution in [0.3, 0.4) is 0 Å². The molecule has 2 heterocycles. The Balaban J connectivity index is 1.51. The van der Waals surface area contributed by atoms with Gasteiger partial charge in [-0.1, -0.05) is 12.1 Å². The summed E-state index contributed by atoms with van der Waals surface area (Å²) in [5, 5.41) is 0. The van der Waals surface area contributed by atoms with Crippen LogP contribution in [0.5, 0.6) is 0 Å². The van der Waals surface area contributed by atoms with E-state index in [1.54, 1.807) is 12.3 Å². The summed E-state index contributed by atoms with van der Waals surface area (Å²) in [6, 6.07) is 6.43. The number of halogens is 1. The van der Waals surface area contributed by atoms with Gasteiger partial charge in [-0.2, -0.15) is 0 Å². The molecule has 0 atom stereocenters. The van der Waals surface area contributed by atoms with E-state index in [0.717, 1.165) is 31.1 Å². The number of aromatic nitrogens is 1. The molecular weight excluding hydrogens is 305 g/mol. The Labute approximate surface area is 143 Å². The molecule has 1 saturated heterocycles. The SMILES string of the molecule is CN(C)CCC1CCN(Cc2ncc(-c3cccc(F)c3)o2)CC1. The second kappa shape index (κ2) is 7.90. The zero-order valence-corrected chi connectivity index (χ0v) is 14.5. The molecule has 3 rings (SSSR count). The summed E-state index contributed by atoms with van der Waals surface area (Å²) in [5.41, 5.74) is 0.733. The normalized spacial score (nSPS) is 16.8. The third kappa shape index (κ3) is 4.65. The van der Waals surface area contributed by atoms with Gasteiger partial charge in [-0.25, -0.2) is 9.37 Å². The van der Waals surface area contributed by atoms with Crippen LogP contribution in [0.25, 0.3) is 11.3 Å². The third-order valence-corrected chi connectivity index (χ3v) is 4.71. The number of rotatable bonds is 6. The summed E-state index contributed by atoms with van der Waals surface area (Å²) in [5.74, 6) is 1.91. The van der Waals surface area contributed by atoms with Crippen LogP contribution in [0.1, 0.15) is 25.2 Å². The monoisotopic (exact) mass is 331 g/mol. The lowest BCUT2D eigenvalue weighted by atomic mass is 9.93. The minimum Gasteiger partial charge on any atom is -0.439 e. The van der Waals surface area contributed by atoms with Crippen molar-refractivity contribution in [2.45, 2.75) is 25.8 Å². The minimum atomic E-state index is -0.259. The molecule has 0 bridgehead atoms. The van der Waals surface area contributed by atoms with Crippen LogP contribution in [-0.4, -0.2) is 48.5 Å². The van der Waals surface area contributed by atoms with Gasteiger partial charge in [0.05, 0.1) is 12.7 Å². The van der Waals surface area contributed by atoms with Crippen LogP contribution in [0.2, 0.25) is 0 Å². The highest BCUT2D eigenvalue weighted by Gasteiger charge is 2.20. The van der Waals surface area contributed by atoms with Crippen molar-refractivity contribution in [3.8, 4) is 11.3 Å². The summed E-state index contributed by atoms with van der Waals surface area (Å²) in [6.07, 6.45) is 5.45. The van der Waals surface area contributed by atoms with Crippen LogP contribution < -0.4 is 0 Å². The van der Waals surface area contributed by atoms with E-state index in [-0.39, 0.29) is 5.82 Å². The summed E-state index contributed by atoms with van der Waals surface area (Å²) < 4.78 is 19.1. The number of oxazole rings is 1. The fraction of sp³-hybridized carbons (Fsp3) is 0.526. The van der Waals surface area contributed by atoms with Gasteiger partial charge in [-0.3, -0.25) is 4.90 Å². The molecule has 0 amide bonds. The third-order valence-electron chi connectivity index (χ3n) is 4.71. The maximum Gasteiger partial charge on any atom is 0.209 e. The molecule has 0 N–H and O–H groups in total. The molecule has 0 spiro atoms. The average molecular weight is 331 g/mol. The van der Waals surface area contributed by atoms with Crippen molar-refractivity contribution in [1.82, 2.24) is 14.8 Å². The predicted molar refractivity (Wildman–Crippen MR) is 93.1 cm³/mol. The smallest absolute Gasteiger partial charge is 0.209 e. The first-order chi connectivity index (χ1) is 11.6. The van der Waals surface area contributed by atoms with Gasteiger partial charge in [-0.15, -0.1) is 0 Å². The van der Waals surface area contributed by atoms with Crippen LogP contribution in [-0.2, 0) is 6.54 Å². The van der Waals surface area contributed by atoms with E-state index >= 15 is 0 Å². The van der Waals surface area contributed by atoms with Gasteiger partial charge >= 0.3 is 0 Å². The molecule has 4 nitrogen and oxygen atoms in total. The number of likely N-dealkylation sites (tertiary alicyclic amines) is 1. The molecule has 1 fully saturated rings. The molecular formula is C19H26FN3O. The van der Waals surface area contributed by atoms with Gasteiger partial charge in [0, 0.05) is 5.56 Å². The van der Waals surface area contributed by atoms with Crippen LogP contribution in [0.4, 0.5) is 4.39 Å². The van der Waals surface area contributed by atoms with Gasteiger partial charge in [-0.05, 0) is 71.0 Å². The van der Waals surface area contributed by atoms with E-state index in [9.17, 15) is 4.39 Å². The van der Waals surface area contributed by atoms with Crippen molar-refractivity contribution in [1.29, 1.82) is 0 Å². The fourth-order valence-corrected chi connectivity index (χ4v) is 3.22. The highest BCUT2D eigenvalue weighted by molar-refractivity contribution is 5.56. The van der Waals surface area contributed by atoms with Crippen molar-refractivity contribution in [2.24, 2.45) is 5.92 Å². The second-order valence-corrected chi connectivity index (χ2v) is 6.94. The molecule has 0 unspecified atom stereocenters. The molecule has 24 heavy (non-hydrogen) atoms. The van der Waals surface area contributed by atoms with Crippen molar-refractivity contribution in [2.75, 3.05) is 33.7 Å². The van der Waals surface area contributed by atoms with Gasteiger partial charge in [0.1, 0.15) is 5.82 Å². The van der Waals surface area contributed by atoms with E-state index < -0.39 is 0 Å². The highest BCUT2D eigenvalue weighted by Crippen LogP contribution is 2.24. The molecule has 1 aliphatic heterocycles. The minimum absolute atomic E-state index is 0.259. The zero-order chi connectivity index (χ0) is 16.9. The first kappa shape index (κ1) is 17.1. The lowest BCUT2D eigenvalue weighted by molar-refractivity contribution is 0.154. The highest BCUT2D eigenvalue weighted by atomic mass is 19.1. The topological polar surface area (TPSA) is 32.5 Å². The molecule has 0 radical (unpaired) electrons. The van der Waals surface area contributed by atoms with Crippen LogP contribution in [0.15, 0.2) is 34.9 Å². The lowest BCUT2D eigenvalue weighted by Crippen LogP contribution is -2.34. The molecule has 130 valence electrons. The fourth-order valence-electron chi connectivity index (χ4n) is 3.22. The van der Waals surface area contributed by atoms with E-state index in [2.05, 4.69) is 28.9 Å². The number of nitrogens with zero attached hydrogens (tertiary/aromatic N) is 3. The van der Waals surface area contributed by atoms with Gasteiger partial charge in [0.15, 0.2) is 5.76 Å². The summed E-state index contributed by atoms with van der Waals surface area (Å²) in [7, 11) is 4.27. The van der Waals surface area contributed by atoms with E-state index in [1.165, 1.54) is 37.9 Å². The Bertz CT molecular complexity index is 648. The Morgan fingerprint density at radius 3 is 2.79 bits per heavy atom. The first-order valence-corrected chi connectivity index (χ1v) is 8.68. The van der Waals surface area contributed by atoms with E-state index in [1.807, 2.05) is 6.07 Å². The Kier molecular flexibility index (Phi) is 5.63. The standard InChI is InChI=1S/C19H26FN3O/c1-22(2)9-6-15-7-10-23(11-8-15)14-19-21-13-18(24-19)16-4-3-5-17(20)12-16/h3-5,12-13,15H,6-11,14H2,1-2H3. The largest absolute Gasteiger partial charge is 0.439 e. The summed E-state index contributed by atoms with van der Waals surface area (Å²) in [4.78, 5) is 9.01. The maximum atomic E-state index is 13.3. The quantitative estimate of drug-likeness (QED) is 0.809. The van der Waals surface area contributed by atoms with Gasteiger partial charge in [0.25, 0.3) is 0 Å². The Morgan fingerprint density at radius 2 is 2.08 bits per heavy atom. The Morgan fingerprint density at radius 1 is 1.29 bits per heavy atom. The van der Waals surface area contributed by atoms with E-state index in [0.29, 0.717) is 11.7 Å². The molecule has 0 aliphatic carbocycles. The van der Waals surface area contributed by atoms with Crippen LogP contribution >= 0.6 is 0 Å². The first-order valence-electron chi connectivity index (χ1n) is 8.68. The summed E-state index contributed by atoms with van der Waals surface area (Å²) >= 11 is 0.